The van der Waals surface area contributed by atoms with Crippen molar-refractivity contribution in [2.75, 3.05) is 11.3 Å². The number of benzene rings is 2. The lowest BCUT2D eigenvalue weighted by Crippen LogP contribution is -2.38. The smallest absolute Gasteiger partial charge is 0.336 e. The van der Waals surface area contributed by atoms with E-state index in [1.807, 2.05) is 19.9 Å². The second kappa shape index (κ2) is 9.82. The molecule has 2 aromatic carbocycles. The van der Waals surface area contributed by atoms with Gasteiger partial charge in [-0.05, 0) is 74.4 Å². The highest BCUT2D eigenvalue weighted by molar-refractivity contribution is 7.92. The molecular formula is C29H34N2O5S. The topological polar surface area (TPSA) is 102 Å². The van der Waals surface area contributed by atoms with E-state index in [0.717, 1.165) is 16.8 Å². The molecule has 1 heterocycles. The molecule has 0 radical (unpaired) electrons. The molecule has 4 rings (SSSR count). The van der Waals surface area contributed by atoms with Crippen LogP contribution in [0.2, 0.25) is 0 Å². The van der Waals surface area contributed by atoms with Gasteiger partial charge in [0.25, 0.3) is 10.0 Å². The lowest BCUT2D eigenvalue weighted by Gasteiger charge is -2.39. The molecule has 2 aromatic rings. The van der Waals surface area contributed by atoms with Crippen LogP contribution < -0.4 is 10.0 Å². The molecule has 37 heavy (non-hydrogen) atoms. The van der Waals surface area contributed by atoms with Gasteiger partial charge in [-0.1, -0.05) is 38.1 Å². The Labute approximate surface area is 219 Å². The summed E-state index contributed by atoms with van der Waals surface area (Å²) in [5.41, 5.74) is 4.90. The van der Waals surface area contributed by atoms with Crippen molar-refractivity contribution in [3.05, 3.63) is 81.7 Å². The van der Waals surface area contributed by atoms with Crippen LogP contribution >= 0.6 is 0 Å². The number of aryl methyl sites for hydroxylation is 2. The summed E-state index contributed by atoms with van der Waals surface area (Å²) in [5, 5.41) is 3.31. The van der Waals surface area contributed by atoms with Crippen LogP contribution in [0.4, 0.5) is 5.69 Å². The molecule has 1 aliphatic heterocycles. The van der Waals surface area contributed by atoms with E-state index in [2.05, 4.69) is 23.9 Å². The Bertz CT molecular complexity index is 1430. The number of carbonyl (C=O) groups is 2. The first kappa shape index (κ1) is 26.7. The van der Waals surface area contributed by atoms with E-state index < -0.39 is 21.9 Å². The van der Waals surface area contributed by atoms with Gasteiger partial charge in [0.15, 0.2) is 5.78 Å². The molecule has 7 nitrogen and oxygen atoms in total. The highest BCUT2D eigenvalue weighted by atomic mass is 32.2. The van der Waals surface area contributed by atoms with Gasteiger partial charge in [-0.15, -0.1) is 0 Å². The molecule has 8 heteroatoms. The van der Waals surface area contributed by atoms with Crippen LogP contribution in [0.25, 0.3) is 0 Å². The lowest BCUT2D eigenvalue weighted by molar-refractivity contribution is -0.138. The van der Waals surface area contributed by atoms with Crippen molar-refractivity contribution in [1.82, 2.24) is 5.32 Å². The van der Waals surface area contributed by atoms with Gasteiger partial charge in [-0.25, -0.2) is 13.2 Å². The molecule has 1 aliphatic carbocycles. The van der Waals surface area contributed by atoms with Crippen LogP contribution in [0.15, 0.2) is 69.9 Å². The largest absolute Gasteiger partial charge is 0.463 e. The lowest BCUT2D eigenvalue weighted by atomic mass is 9.68. The van der Waals surface area contributed by atoms with Gasteiger partial charge >= 0.3 is 5.97 Å². The molecule has 0 spiro atoms. The molecule has 0 amide bonds. The van der Waals surface area contributed by atoms with E-state index in [9.17, 15) is 18.0 Å². The molecule has 1 unspecified atom stereocenters. The summed E-state index contributed by atoms with van der Waals surface area (Å²) in [6.45, 7) is 11.5. The zero-order valence-electron chi connectivity index (χ0n) is 22.2. The fourth-order valence-electron chi connectivity index (χ4n) is 5.20. The predicted molar refractivity (Wildman–Crippen MR) is 143 cm³/mol. The summed E-state index contributed by atoms with van der Waals surface area (Å²) in [6, 6.07) is 12.1. The maximum absolute atomic E-state index is 13.4. The maximum atomic E-state index is 13.4. The first-order valence-corrected chi connectivity index (χ1v) is 13.9. The minimum absolute atomic E-state index is 0.00208. The monoisotopic (exact) mass is 522 g/mol. The number of Topliss-reactive ketones (excluding diaryl/α,β-unsaturated/α-hetero) is 1. The van der Waals surface area contributed by atoms with Crippen LogP contribution in [0.1, 0.15) is 63.1 Å². The molecule has 2 aliphatic rings. The minimum Gasteiger partial charge on any atom is -0.463 e. The Morgan fingerprint density at radius 2 is 1.76 bits per heavy atom. The Kier molecular flexibility index (Phi) is 7.08. The van der Waals surface area contributed by atoms with Gasteiger partial charge < -0.3 is 10.1 Å². The fourth-order valence-corrected chi connectivity index (χ4v) is 6.59. The molecule has 0 fully saturated rings. The second-order valence-electron chi connectivity index (χ2n) is 10.6. The van der Waals surface area contributed by atoms with E-state index in [4.69, 9.17) is 4.74 Å². The first-order chi connectivity index (χ1) is 17.3. The van der Waals surface area contributed by atoms with E-state index in [0.29, 0.717) is 40.9 Å². The number of anilines is 1. The summed E-state index contributed by atoms with van der Waals surface area (Å²) in [5.74, 6) is -1.07. The zero-order valence-corrected chi connectivity index (χ0v) is 23.0. The molecule has 2 N–H and O–H groups in total. The first-order valence-electron chi connectivity index (χ1n) is 12.4. The van der Waals surface area contributed by atoms with Crippen molar-refractivity contribution in [3.63, 3.8) is 0 Å². The molecule has 196 valence electrons. The van der Waals surface area contributed by atoms with Crippen molar-refractivity contribution in [3.8, 4) is 0 Å². The van der Waals surface area contributed by atoms with Gasteiger partial charge in [-0.3, -0.25) is 9.52 Å². The Balaban J connectivity index is 1.73. The third-order valence-electron chi connectivity index (χ3n) is 6.86. The number of dihydropyridines is 1. The van der Waals surface area contributed by atoms with Crippen molar-refractivity contribution < 1.29 is 22.7 Å². The normalized spacial score (nSPS) is 19.3. The molecule has 0 saturated heterocycles. The number of hydrogen-bond donors (Lipinski definition) is 2. The van der Waals surface area contributed by atoms with Gasteiger partial charge in [0.1, 0.15) is 0 Å². The molecular weight excluding hydrogens is 488 g/mol. The number of hydrogen-bond acceptors (Lipinski definition) is 6. The van der Waals surface area contributed by atoms with Gasteiger partial charge in [0.2, 0.25) is 0 Å². The van der Waals surface area contributed by atoms with Crippen LogP contribution in [-0.4, -0.2) is 26.8 Å². The summed E-state index contributed by atoms with van der Waals surface area (Å²) < 4.78 is 34.1. The summed E-state index contributed by atoms with van der Waals surface area (Å²) >= 11 is 0. The maximum Gasteiger partial charge on any atom is 0.336 e. The number of ether oxygens (including phenoxy) is 1. The van der Waals surface area contributed by atoms with Gasteiger partial charge in [0.05, 0.1) is 17.1 Å². The summed E-state index contributed by atoms with van der Waals surface area (Å²) in [6.07, 6.45) is 1.07. The highest BCUT2D eigenvalue weighted by Crippen LogP contribution is 2.47. The number of nitrogens with one attached hydrogen (secondary N) is 2. The predicted octanol–water partition coefficient (Wildman–Crippen LogP) is 5.27. The SMILES string of the molecule is CCOC(=O)C1=C(C)NC2=C(C(=O)CC(C)(C)C2)C1c1ccc(NS(=O)(=O)c2cc(C)ccc2C)cc1. The molecule has 0 aromatic heterocycles. The van der Waals surface area contributed by atoms with Crippen molar-refractivity contribution >= 4 is 27.5 Å². The van der Waals surface area contributed by atoms with Crippen molar-refractivity contribution in [2.45, 2.75) is 65.2 Å². The number of carbonyl (C=O) groups excluding carboxylic acids is 2. The van der Waals surface area contributed by atoms with Crippen LogP contribution in [0.5, 0.6) is 0 Å². The number of rotatable bonds is 6. The van der Waals surface area contributed by atoms with Crippen LogP contribution in [0, 0.1) is 19.3 Å². The molecule has 0 bridgehead atoms. The quantitative estimate of drug-likeness (QED) is 0.501. The number of ketones is 1. The van der Waals surface area contributed by atoms with Gasteiger partial charge in [0, 0.05) is 35.0 Å². The number of sulfonamides is 1. The number of esters is 1. The highest BCUT2D eigenvalue weighted by Gasteiger charge is 2.43. The summed E-state index contributed by atoms with van der Waals surface area (Å²) in [4.78, 5) is 26.6. The van der Waals surface area contributed by atoms with Crippen molar-refractivity contribution in [1.29, 1.82) is 0 Å². The average molecular weight is 523 g/mol. The zero-order chi connectivity index (χ0) is 27.1. The van der Waals surface area contributed by atoms with E-state index in [1.165, 1.54) is 0 Å². The minimum atomic E-state index is -3.79. The van der Waals surface area contributed by atoms with E-state index in [1.54, 1.807) is 50.2 Å². The Morgan fingerprint density at radius 3 is 2.41 bits per heavy atom. The van der Waals surface area contributed by atoms with E-state index >= 15 is 0 Å². The number of allylic oxidation sites excluding steroid dienone is 3. The fraction of sp³-hybridized carbons (Fsp3) is 0.379. The van der Waals surface area contributed by atoms with E-state index in [-0.39, 0.29) is 22.7 Å². The Morgan fingerprint density at radius 1 is 1.08 bits per heavy atom. The average Bonchev–Trinajstić information content (AvgIpc) is 2.79. The third kappa shape index (κ3) is 5.34. The standard InChI is InChI=1S/C29H34N2O5S/c1-7-36-28(33)25-19(4)30-22-15-29(5,6)16-23(32)27(22)26(25)20-10-12-21(13-11-20)31-37(34,35)24-14-17(2)8-9-18(24)3/h8-14,26,30-31H,7,15-16H2,1-6H3. The van der Waals surface area contributed by atoms with Crippen LogP contribution in [0.3, 0.4) is 0 Å². The molecule has 1 atom stereocenters. The Hall–Kier alpha value is -3.39. The van der Waals surface area contributed by atoms with Crippen LogP contribution in [-0.2, 0) is 24.3 Å². The van der Waals surface area contributed by atoms with Gasteiger partial charge in [-0.2, -0.15) is 0 Å². The summed E-state index contributed by atoms with van der Waals surface area (Å²) in [7, 11) is -3.79. The third-order valence-corrected chi connectivity index (χ3v) is 8.39. The molecule has 0 saturated carbocycles. The van der Waals surface area contributed by atoms with Crippen molar-refractivity contribution in [2.24, 2.45) is 5.41 Å². The second-order valence-corrected chi connectivity index (χ2v) is 12.3.